The zero-order valence-corrected chi connectivity index (χ0v) is 14.3. The summed E-state index contributed by atoms with van der Waals surface area (Å²) in [7, 11) is 0. The molecule has 25 heavy (non-hydrogen) atoms. The van der Waals surface area contributed by atoms with Crippen LogP contribution in [-0.4, -0.2) is 36.8 Å². The molecule has 1 aliphatic rings. The van der Waals surface area contributed by atoms with Crippen LogP contribution in [0.5, 0.6) is 0 Å². The minimum absolute atomic E-state index is 0.0919. The summed E-state index contributed by atoms with van der Waals surface area (Å²) < 4.78 is 38.0. The number of alkyl halides is 3. The Morgan fingerprint density at radius 3 is 2.56 bits per heavy atom. The molecule has 1 unspecified atom stereocenters. The monoisotopic (exact) mass is 358 g/mol. The van der Waals surface area contributed by atoms with Gasteiger partial charge >= 0.3 is 6.18 Å². The Labute approximate surface area is 145 Å². The van der Waals surface area contributed by atoms with Crippen molar-refractivity contribution in [1.29, 1.82) is 0 Å². The molecule has 7 heteroatoms. The second kappa shape index (κ2) is 8.67. The summed E-state index contributed by atoms with van der Waals surface area (Å²) in [5.41, 5.74) is -0.0306. The molecular weight excluding hydrogens is 333 g/mol. The Morgan fingerprint density at radius 1 is 1.36 bits per heavy atom. The molecule has 4 nitrogen and oxygen atoms in total. The Morgan fingerprint density at radius 2 is 2.04 bits per heavy atom. The van der Waals surface area contributed by atoms with Crippen molar-refractivity contribution in [2.45, 2.75) is 44.3 Å². The molecule has 140 valence electrons. The fraction of sp³-hybridized carbons (Fsp3) is 0.611. The third-order valence-corrected chi connectivity index (χ3v) is 4.83. The van der Waals surface area contributed by atoms with Gasteiger partial charge in [-0.3, -0.25) is 4.79 Å². The van der Waals surface area contributed by atoms with Gasteiger partial charge in [0, 0.05) is 19.1 Å². The summed E-state index contributed by atoms with van der Waals surface area (Å²) in [5.74, 6) is 0.185. The number of halogens is 3. The van der Waals surface area contributed by atoms with Crippen molar-refractivity contribution in [2.24, 2.45) is 5.92 Å². The smallest absolute Gasteiger partial charge is 0.396 e. The number of nitrogens with one attached hydrogen (secondary N) is 2. The van der Waals surface area contributed by atoms with Gasteiger partial charge in [0.15, 0.2) is 0 Å². The number of carbonyl (C=O) groups is 1. The largest absolute Gasteiger partial charge is 0.416 e. The zero-order valence-electron chi connectivity index (χ0n) is 14.3. The van der Waals surface area contributed by atoms with Crippen molar-refractivity contribution < 1.29 is 23.1 Å². The van der Waals surface area contributed by atoms with E-state index >= 15 is 0 Å². The zero-order chi connectivity index (χ0) is 18.4. The fourth-order valence-electron chi connectivity index (χ4n) is 3.15. The Bertz CT molecular complexity index is 560. The highest BCUT2D eigenvalue weighted by Gasteiger charge is 2.31. The van der Waals surface area contributed by atoms with E-state index in [1.165, 1.54) is 12.1 Å². The summed E-state index contributed by atoms with van der Waals surface area (Å²) in [5, 5.41) is 15.3. The molecule has 3 N–H and O–H groups in total. The van der Waals surface area contributed by atoms with Crippen LogP contribution >= 0.6 is 0 Å². The molecule has 1 aromatic rings. The Hall–Kier alpha value is -1.60. The van der Waals surface area contributed by atoms with Gasteiger partial charge in [0.1, 0.15) is 0 Å². The number of aliphatic hydroxyl groups excluding tert-OH is 1. The van der Waals surface area contributed by atoms with E-state index < -0.39 is 11.7 Å². The van der Waals surface area contributed by atoms with E-state index in [-0.39, 0.29) is 24.5 Å². The number of rotatable bonds is 7. The van der Waals surface area contributed by atoms with Crippen LogP contribution in [0.3, 0.4) is 0 Å². The lowest BCUT2D eigenvalue weighted by Gasteiger charge is -2.19. The number of aliphatic hydroxyl groups is 1. The van der Waals surface area contributed by atoms with Crippen LogP contribution in [-0.2, 0) is 11.0 Å². The van der Waals surface area contributed by atoms with Crippen LogP contribution < -0.4 is 10.6 Å². The van der Waals surface area contributed by atoms with Crippen LogP contribution in [0.1, 0.15) is 43.2 Å². The molecule has 1 heterocycles. The van der Waals surface area contributed by atoms with E-state index in [2.05, 4.69) is 17.6 Å². The maximum atomic E-state index is 12.7. The lowest BCUT2D eigenvalue weighted by molar-refractivity contribution is -0.137. The number of carbonyl (C=O) groups excluding carboxylic acids is 1. The molecule has 0 aliphatic carbocycles. The third kappa shape index (κ3) is 5.44. The highest BCUT2D eigenvalue weighted by Crippen LogP contribution is 2.30. The first-order valence-electron chi connectivity index (χ1n) is 8.64. The molecule has 3 atom stereocenters. The number of hydrogen-bond donors (Lipinski definition) is 3. The van der Waals surface area contributed by atoms with Crippen molar-refractivity contribution in [2.75, 3.05) is 19.7 Å². The minimum Gasteiger partial charge on any atom is -0.396 e. The molecule has 0 bridgehead atoms. The summed E-state index contributed by atoms with van der Waals surface area (Å²) >= 11 is 0. The predicted molar refractivity (Wildman–Crippen MR) is 89.1 cm³/mol. The second-order valence-electron chi connectivity index (χ2n) is 6.54. The first-order chi connectivity index (χ1) is 11.8. The number of hydrogen-bond acceptors (Lipinski definition) is 3. The van der Waals surface area contributed by atoms with Crippen molar-refractivity contribution >= 4 is 5.91 Å². The van der Waals surface area contributed by atoms with E-state index in [1.807, 2.05) is 0 Å². The second-order valence-corrected chi connectivity index (χ2v) is 6.54. The van der Waals surface area contributed by atoms with Crippen molar-refractivity contribution in [1.82, 2.24) is 10.6 Å². The molecule has 0 spiro atoms. The van der Waals surface area contributed by atoms with Crippen molar-refractivity contribution in [3.8, 4) is 0 Å². The quantitative estimate of drug-likeness (QED) is 0.702. The van der Waals surface area contributed by atoms with Crippen LogP contribution in [0.15, 0.2) is 24.3 Å². The highest BCUT2D eigenvalue weighted by atomic mass is 19.4. The molecule has 2 rings (SSSR count). The van der Waals surface area contributed by atoms with Gasteiger partial charge in [-0.1, -0.05) is 25.5 Å². The Kier molecular flexibility index (Phi) is 6.84. The Balaban J connectivity index is 1.95. The molecule has 0 aromatic heterocycles. The molecule has 1 amide bonds. The standard InChI is InChI=1S/C18H25F3N2O2/c1-2-12-9-16(22-10-12)17(25)23-11-14(7-8-24)13-3-5-15(6-4-13)18(19,20)21/h3-6,12,14,16,22,24H,2,7-11H2,1H3,(H,23,25)/t12-,14?,16-/m0/s1. The fourth-order valence-corrected chi connectivity index (χ4v) is 3.15. The van der Waals surface area contributed by atoms with E-state index in [4.69, 9.17) is 0 Å². The third-order valence-electron chi connectivity index (χ3n) is 4.83. The first kappa shape index (κ1) is 19.7. The maximum absolute atomic E-state index is 12.7. The lowest BCUT2D eigenvalue weighted by Crippen LogP contribution is -2.42. The van der Waals surface area contributed by atoms with Gasteiger partial charge in [0.2, 0.25) is 5.91 Å². The van der Waals surface area contributed by atoms with Crippen LogP contribution in [0.25, 0.3) is 0 Å². The molecule has 1 fully saturated rings. The maximum Gasteiger partial charge on any atom is 0.416 e. The summed E-state index contributed by atoms with van der Waals surface area (Å²) in [6.45, 7) is 3.11. The molecule has 1 saturated heterocycles. The average molecular weight is 358 g/mol. The van der Waals surface area contributed by atoms with Crippen LogP contribution in [0.4, 0.5) is 13.2 Å². The molecule has 1 aliphatic heterocycles. The molecular formula is C18H25F3N2O2. The van der Waals surface area contributed by atoms with Gasteiger partial charge in [-0.2, -0.15) is 13.2 Å². The normalized spacial score (nSPS) is 22.0. The average Bonchev–Trinajstić information content (AvgIpc) is 3.07. The van der Waals surface area contributed by atoms with Gasteiger partial charge in [-0.15, -0.1) is 0 Å². The number of benzene rings is 1. The van der Waals surface area contributed by atoms with E-state index in [0.717, 1.165) is 31.5 Å². The minimum atomic E-state index is -4.37. The topological polar surface area (TPSA) is 61.4 Å². The van der Waals surface area contributed by atoms with Gasteiger partial charge < -0.3 is 15.7 Å². The molecule has 0 saturated carbocycles. The van der Waals surface area contributed by atoms with Crippen molar-refractivity contribution in [3.63, 3.8) is 0 Å². The van der Waals surface area contributed by atoms with E-state index in [0.29, 0.717) is 24.4 Å². The molecule has 0 radical (unpaired) electrons. The van der Waals surface area contributed by atoms with Gasteiger partial charge in [-0.05, 0) is 43.0 Å². The molecule has 1 aromatic carbocycles. The van der Waals surface area contributed by atoms with Crippen LogP contribution in [0, 0.1) is 5.92 Å². The predicted octanol–water partition coefficient (Wildman–Crippen LogP) is 2.68. The van der Waals surface area contributed by atoms with Crippen molar-refractivity contribution in [3.05, 3.63) is 35.4 Å². The van der Waals surface area contributed by atoms with Crippen LogP contribution in [0.2, 0.25) is 0 Å². The van der Waals surface area contributed by atoms with Gasteiger partial charge in [-0.25, -0.2) is 0 Å². The lowest BCUT2D eigenvalue weighted by atomic mass is 9.94. The van der Waals surface area contributed by atoms with Gasteiger partial charge in [0.25, 0.3) is 0 Å². The summed E-state index contributed by atoms with van der Waals surface area (Å²) in [6.07, 6.45) is -2.17. The first-order valence-corrected chi connectivity index (χ1v) is 8.64. The number of amides is 1. The highest BCUT2D eigenvalue weighted by molar-refractivity contribution is 5.82. The van der Waals surface area contributed by atoms with Gasteiger partial charge in [0.05, 0.1) is 11.6 Å². The summed E-state index contributed by atoms with van der Waals surface area (Å²) in [6, 6.07) is 4.68. The van der Waals surface area contributed by atoms with E-state index in [1.54, 1.807) is 0 Å². The summed E-state index contributed by atoms with van der Waals surface area (Å²) in [4.78, 5) is 12.2. The van der Waals surface area contributed by atoms with E-state index in [9.17, 15) is 23.1 Å². The SMILES string of the molecule is CC[C@@H]1CN[C@H](C(=O)NCC(CCO)c2ccc(C(F)(F)F)cc2)C1.